The number of thiocarbonyl (C=S) groups is 1. The molecule has 0 saturated carbocycles. The maximum atomic E-state index is 12.9. The second-order valence-electron chi connectivity index (χ2n) is 3.36. The van der Waals surface area contributed by atoms with E-state index in [9.17, 15) is 8.78 Å². The Hall–Kier alpha value is -1.23. The Balaban J connectivity index is 2.42. The van der Waals surface area contributed by atoms with Crippen molar-refractivity contribution in [1.29, 1.82) is 0 Å². The van der Waals surface area contributed by atoms with Gasteiger partial charge >= 0.3 is 0 Å². The minimum Gasteiger partial charge on any atom is -0.363 e. The Labute approximate surface area is 99.0 Å². The van der Waals surface area contributed by atoms with Crippen LogP contribution in [0.3, 0.4) is 0 Å². The van der Waals surface area contributed by atoms with Gasteiger partial charge in [0.05, 0.1) is 0 Å². The number of rotatable bonds is 4. The third kappa shape index (κ3) is 4.10. The summed E-state index contributed by atoms with van der Waals surface area (Å²) in [5, 5.41) is 6.41. The topological polar surface area (TPSA) is 24.1 Å². The number of nitrogens with one attached hydrogen (secondary N) is 2. The molecule has 0 aliphatic rings. The van der Waals surface area contributed by atoms with Crippen molar-refractivity contribution in [3.05, 3.63) is 35.4 Å². The van der Waals surface area contributed by atoms with Crippen LogP contribution in [-0.4, -0.2) is 11.7 Å². The molecule has 0 aliphatic heterocycles. The molecule has 0 unspecified atom stereocenters. The van der Waals surface area contributed by atoms with E-state index < -0.39 is 11.6 Å². The van der Waals surface area contributed by atoms with E-state index >= 15 is 0 Å². The second-order valence-corrected chi connectivity index (χ2v) is 3.77. The first-order valence-electron chi connectivity index (χ1n) is 5.09. The van der Waals surface area contributed by atoms with Crippen LogP contribution in [0.4, 0.5) is 8.78 Å². The Morgan fingerprint density at radius 2 is 2.00 bits per heavy atom. The lowest BCUT2D eigenvalue weighted by atomic mass is 10.2. The maximum absolute atomic E-state index is 12.9. The summed E-state index contributed by atoms with van der Waals surface area (Å²) < 4.78 is 25.5. The van der Waals surface area contributed by atoms with E-state index in [1.165, 1.54) is 6.07 Å². The Bertz CT molecular complexity index is 369. The second kappa shape index (κ2) is 6.37. The highest BCUT2D eigenvalue weighted by Crippen LogP contribution is 2.08. The number of hydrogen-bond acceptors (Lipinski definition) is 1. The third-order valence-corrected chi connectivity index (χ3v) is 2.26. The summed E-state index contributed by atoms with van der Waals surface area (Å²) in [5.74, 6) is -1.68. The van der Waals surface area contributed by atoms with Gasteiger partial charge in [-0.15, -0.1) is 0 Å². The van der Waals surface area contributed by atoms with Crippen molar-refractivity contribution in [2.75, 3.05) is 6.54 Å². The lowest BCUT2D eigenvalue weighted by Gasteiger charge is -2.09. The van der Waals surface area contributed by atoms with Crippen molar-refractivity contribution in [2.45, 2.75) is 19.9 Å². The van der Waals surface area contributed by atoms with Crippen molar-refractivity contribution < 1.29 is 8.78 Å². The van der Waals surface area contributed by atoms with E-state index in [0.29, 0.717) is 17.2 Å². The van der Waals surface area contributed by atoms with E-state index in [1.54, 1.807) is 0 Å². The highest BCUT2D eigenvalue weighted by atomic mass is 32.1. The van der Waals surface area contributed by atoms with E-state index in [1.807, 2.05) is 6.92 Å². The van der Waals surface area contributed by atoms with Gasteiger partial charge in [-0.25, -0.2) is 8.78 Å². The molecule has 0 heterocycles. The molecule has 0 amide bonds. The molecule has 2 N–H and O–H groups in total. The normalized spacial score (nSPS) is 9.94. The molecule has 0 fully saturated rings. The van der Waals surface area contributed by atoms with Crippen molar-refractivity contribution in [1.82, 2.24) is 10.6 Å². The van der Waals surface area contributed by atoms with Crippen LogP contribution >= 0.6 is 12.2 Å². The summed E-state index contributed by atoms with van der Waals surface area (Å²) in [4.78, 5) is 0. The fourth-order valence-electron chi connectivity index (χ4n) is 1.13. The molecule has 0 aromatic heterocycles. The van der Waals surface area contributed by atoms with Crippen LogP contribution in [0.2, 0.25) is 0 Å². The van der Waals surface area contributed by atoms with Crippen LogP contribution in [0.5, 0.6) is 0 Å². The Morgan fingerprint density at radius 3 is 2.62 bits per heavy atom. The van der Waals surface area contributed by atoms with Crippen LogP contribution in [0.1, 0.15) is 18.9 Å². The summed E-state index contributed by atoms with van der Waals surface area (Å²) in [7, 11) is 0. The largest absolute Gasteiger partial charge is 0.363 e. The van der Waals surface area contributed by atoms with E-state index in [0.717, 1.165) is 25.1 Å². The lowest BCUT2D eigenvalue weighted by molar-refractivity contribution is 0.507. The molecular weight excluding hydrogens is 230 g/mol. The number of hydrogen-bond donors (Lipinski definition) is 2. The molecule has 0 bridgehead atoms. The molecule has 0 radical (unpaired) electrons. The predicted octanol–water partition coefficient (Wildman–Crippen LogP) is 2.34. The molecule has 1 aromatic rings. The lowest BCUT2D eigenvalue weighted by Crippen LogP contribution is -2.35. The van der Waals surface area contributed by atoms with Gasteiger partial charge in [-0.3, -0.25) is 0 Å². The molecular formula is C11H14F2N2S. The van der Waals surface area contributed by atoms with Gasteiger partial charge in [0.15, 0.2) is 16.7 Å². The molecule has 1 rings (SSSR count). The number of halogens is 2. The molecule has 0 spiro atoms. The van der Waals surface area contributed by atoms with Gasteiger partial charge < -0.3 is 10.6 Å². The molecule has 0 aliphatic carbocycles. The molecule has 88 valence electrons. The fourth-order valence-corrected chi connectivity index (χ4v) is 1.31. The molecule has 0 saturated heterocycles. The van der Waals surface area contributed by atoms with E-state index in [-0.39, 0.29) is 0 Å². The van der Waals surface area contributed by atoms with Crippen molar-refractivity contribution in [3.63, 3.8) is 0 Å². The summed E-state index contributed by atoms with van der Waals surface area (Å²) in [5.41, 5.74) is 0.652. The van der Waals surface area contributed by atoms with Gasteiger partial charge in [0.1, 0.15) is 0 Å². The zero-order valence-corrected chi connectivity index (χ0v) is 9.83. The van der Waals surface area contributed by atoms with E-state index in [4.69, 9.17) is 12.2 Å². The standard InChI is InChI=1S/C11H14F2N2S/c1-2-5-14-11(16)15-7-8-3-4-9(12)10(13)6-8/h3-4,6H,2,5,7H2,1H3,(H2,14,15,16). The van der Waals surface area contributed by atoms with Crippen molar-refractivity contribution in [2.24, 2.45) is 0 Å². The van der Waals surface area contributed by atoms with E-state index in [2.05, 4.69) is 10.6 Å². The molecule has 1 aromatic carbocycles. The van der Waals surface area contributed by atoms with Gasteiger partial charge in [-0.1, -0.05) is 13.0 Å². The first kappa shape index (κ1) is 12.8. The molecule has 2 nitrogen and oxygen atoms in total. The van der Waals surface area contributed by atoms with Gasteiger partial charge in [0.2, 0.25) is 0 Å². The Kier molecular flexibility index (Phi) is 5.11. The first-order chi connectivity index (χ1) is 7.63. The van der Waals surface area contributed by atoms with Gasteiger partial charge in [0, 0.05) is 13.1 Å². The van der Waals surface area contributed by atoms with Crippen molar-refractivity contribution >= 4 is 17.3 Å². The summed E-state index contributed by atoms with van der Waals surface area (Å²) in [6.07, 6.45) is 0.979. The summed E-state index contributed by atoms with van der Waals surface area (Å²) >= 11 is 4.99. The first-order valence-corrected chi connectivity index (χ1v) is 5.50. The van der Waals surface area contributed by atoms with Crippen LogP contribution in [0.25, 0.3) is 0 Å². The zero-order valence-electron chi connectivity index (χ0n) is 9.02. The average molecular weight is 244 g/mol. The Morgan fingerprint density at radius 1 is 1.25 bits per heavy atom. The van der Waals surface area contributed by atoms with Crippen LogP contribution in [0, 0.1) is 11.6 Å². The SMILES string of the molecule is CCCNC(=S)NCc1ccc(F)c(F)c1. The van der Waals surface area contributed by atoms with Crippen LogP contribution < -0.4 is 10.6 Å². The third-order valence-electron chi connectivity index (χ3n) is 1.97. The summed E-state index contributed by atoms with van der Waals surface area (Å²) in [6.45, 7) is 3.21. The minimum atomic E-state index is -0.841. The quantitative estimate of drug-likeness (QED) is 0.795. The van der Waals surface area contributed by atoms with Crippen LogP contribution in [-0.2, 0) is 6.54 Å². The predicted molar refractivity (Wildman–Crippen MR) is 64.1 cm³/mol. The van der Waals surface area contributed by atoms with Crippen molar-refractivity contribution in [3.8, 4) is 0 Å². The average Bonchev–Trinajstić information content (AvgIpc) is 2.28. The summed E-state index contributed by atoms with van der Waals surface area (Å²) in [6, 6.07) is 3.79. The highest BCUT2D eigenvalue weighted by Gasteiger charge is 2.02. The van der Waals surface area contributed by atoms with Gasteiger partial charge in [-0.2, -0.15) is 0 Å². The zero-order chi connectivity index (χ0) is 12.0. The number of benzene rings is 1. The molecule has 16 heavy (non-hydrogen) atoms. The highest BCUT2D eigenvalue weighted by molar-refractivity contribution is 7.80. The minimum absolute atomic E-state index is 0.382. The smallest absolute Gasteiger partial charge is 0.166 e. The van der Waals surface area contributed by atoms with Gasteiger partial charge in [0.25, 0.3) is 0 Å². The monoisotopic (exact) mass is 244 g/mol. The fraction of sp³-hybridized carbons (Fsp3) is 0.364. The van der Waals surface area contributed by atoms with Gasteiger partial charge in [-0.05, 0) is 36.3 Å². The molecule has 0 atom stereocenters. The maximum Gasteiger partial charge on any atom is 0.166 e. The van der Waals surface area contributed by atoms with Crippen LogP contribution in [0.15, 0.2) is 18.2 Å². The molecule has 5 heteroatoms.